The number of nitrogens with two attached hydrogens (primary N) is 1. The Kier molecular flexibility index (Phi) is 3.62. The largest absolute Gasteiger partial charge is 0.484 e. The van der Waals surface area contributed by atoms with E-state index in [1.807, 2.05) is 0 Å². The molecule has 0 saturated carbocycles. The van der Waals surface area contributed by atoms with Gasteiger partial charge >= 0.3 is 0 Å². The number of hydrogen-bond acceptors (Lipinski definition) is 4. The van der Waals surface area contributed by atoms with E-state index < -0.39 is 6.04 Å². The maximum Gasteiger partial charge on any atom is 0.182 e. The molecule has 0 aromatic heterocycles. The first-order valence-corrected chi connectivity index (χ1v) is 2.53. The molecule has 0 bridgehead atoms. The molecular weight excluding hydrogens is 120 g/mol. The first-order valence-electron chi connectivity index (χ1n) is 2.53. The van der Waals surface area contributed by atoms with Gasteiger partial charge in [-0.15, -0.1) is 0 Å². The van der Waals surface area contributed by atoms with Crippen LogP contribution in [-0.4, -0.2) is 25.3 Å². The molecule has 0 heterocycles. The van der Waals surface area contributed by atoms with Gasteiger partial charge in [-0.3, -0.25) is 5.41 Å². The molecule has 0 aliphatic heterocycles. The highest BCUT2D eigenvalue weighted by molar-refractivity contribution is 5.77. The summed E-state index contributed by atoms with van der Waals surface area (Å²) in [6, 6.07) is -0.600. The van der Waals surface area contributed by atoms with Gasteiger partial charge < -0.3 is 15.3 Å². The van der Waals surface area contributed by atoms with Gasteiger partial charge in [-0.05, 0) is 0 Å². The molecule has 0 radical (unpaired) electrons. The standard InChI is InChI=1S/C5H10N2O2/c1-9-5(7)2-4(6)3-8/h3-4,7H,2,6H2,1H3/t4-/m0/s1. The summed E-state index contributed by atoms with van der Waals surface area (Å²) >= 11 is 0. The third kappa shape index (κ3) is 3.66. The Balaban J connectivity index is 3.46. The van der Waals surface area contributed by atoms with E-state index in [0.29, 0.717) is 6.29 Å². The van der Waals surface area contributed by atoms with E-state index in [9.17, 15) is 4.79 Å². The van der Waals surface area contributed by atoms with Crippen LogP contribution in [0.25, 0.3) is 0 Å². The SMILES string of the molecule is COC(=N)C[C@H](N)C=O. The summed E-state index contributed by atoms with van der Waals surface area (Å²) in [4.78, 5) is 9.88. The number of carbonyl (C=O) groups excluding carboxylic acids is 1. The summed E-state index contributed by atoms with van der Waals surface area (Å²) in [5.41, 5.74) is 5.16. The molecule has 0 spiro atoms. The smallest absolute Gasteiger partial charge is 0.182 e. The molecule has 52 valence electrons. The highest BCUT2D eigenvalue weighted by Crippen LogP contribution is 1.86. The Morgan fingerprint density at radius 2 is 2.56 bits per heavy atom. The van der Waals surface area contributed by atoms with E-state index >= 15 is 0 Å². The van der Waals surface area contributed by atoms with Crippen LogP contribution in [0.15, 0.2) is 0 Å². The molecule has 0 fully saturated rings. The zero-order chi connectivity index (χ0) is 7.28. The summed E-state index contributed by atoms with van der Waals surface area (Å²) in [5, 5.41) is 6.91. The molecule has 1 atom stereocenters. The average Bonchev–Trinajstić information content (AvgIpc) is 1.87. The van der Waals surface area contributed by atoms with Crippen molar-refractivity contribution in [3.05, 3.63) is 0 Å². The van der Waals surface area contributed by atoms with Crippen LogP contribution in [0.4, 0.5) is 0 Å². The van der Waals surface area contributed by atoms with Gasteiger partial charge in [0.2, 0.25) is 0 Å². The fourth-order valence-electron chi connectivity index (χ4n) is 0.346. The number of nitrogens with one attached hydrogen (secondary N) is 1. The van der Waals surface area contributed by atoms with Crippen molar-refractivity contribution in [2.24, 2.45) is 5.73 Å². The van der Waals surface area contributed by atoms with Gasteiger partial charge in [0.25, 0.3) is 0 Å². The summed E-state index contributed by atoms with van der Waals surface area (Å²) < 4.78 is 4.47. The van der Waals surface area contributed by atoms with Crippen molar-refractivity contribution in [3.63, 3.8) is 0 Å². The van der Waals surface area contributed by atoms with Gasteiger partial charge in [0.15, 0.2) is 5.90 Å². The molecule has 0 aliphatic carbocycles. The molecule has 9 heavy (non-hydrogen) atoms. The zero-order valence-electron chi connectivity index (χ0n) is 5.26. The Morgan fingerprint density at radius 1 is 2.00 bits per heavy atom. The van der Waals surface area contributed by atoms with Crippen LogP contribution >= 0.6 is 0 Å². The summed E-state index contributed by atoms with van der Waals surface area (Å²) in [7, 11) is 1.37. The van der Waals surface area contributed by atoms with Gasteiger partial charge in [-0.25, -0.2) is 0 Å². The fraction of sp³-hybridized carbons (Fsp3) is 0.600. The Bertz CT molecular complexity index is 114. The molecule has 0 rings (SSSR count). The fourth-order valence-corrected chi connectivity index (χ4v) is 0.346. The molecule has 4 heteroatoms. The van der Waals surface area contributed by atoms with Crippen molar-refractivity contribution in [1.82, 2.24) is 0 Å². The predicted octanol–water partition coefficient (Wildman–Crippen LogP) is -0.474. The van der Waals surface area contributed by atoms with E-state index in [4.69, 9.17) is 11.1 Å². The molecule has 0 aromatic carbocycles. The lowest BCUT2D eigenvalue weighted by molar-refractivity contribution is -0.108. The molecule has 0 unspecified atom stereocenters. The maximum absolute atomic E-state index is 9.88. The van der Waals surface area contributed by atoms with Crippen LogP contribution in [0.3, 0.4) is 0 Å². The Hall–Kier alpha value is -0.900. The van der Waals surface area contributed by atoms with Crippen LogP contribution in [0.1, 0.15) is 6.42 Å². The summed E-state index contributed by atoms with van der Waals surface area (Å²) in [6.45, 7) is 0. The zero-order valence-corrected chi connectivity index (χ0v) is 5.26. The number of hydrogen-bond donors (Lipinski definition) is 2. The van der Waals surface area contributed by atoms with E-state index in [1.165, 1.54) is 7.11 Å². The second-order valence-electron chi connectivity index (χ2n) is 1.63. The van der Waals surface area contributed by atoms with Gasteiger partial charge in [0, 0.05) is 6.42 Å². The maximum atomic E-state index is 9.88. The van der Waals surface area contributed by atoms with Crippen LogP contribution in [-0.2, 0) is 9.53 Å². The minimum atomic E-state index is -0.600. The van der Waals surface area contributed by atoms with Gasteiger partial charge in [-0.1, -0.05) is 0 Å². The topological polar surface area (TPSA) is 76.2 Å². The van der Waals surface area contributed by atoms with E-state index in [2.05, 4.69) is 4.74 Å². The van der Waals surface area contributed by atoms with E-state index in [0.717, 1.165) is 0 Å². The van der Waals surface area contributed by atoms with E-state index in [-0.39, 0.29) is 12.3 Å². The lowest BCUT2D eigenvalue weighted by atomic mass is 10.2. The van der Waals surface area contributed by atoms with Crippen LogP contribution < -0.4 is 5.73 Å². The molecule has 4 nitrogen and oxygen atoms in total. The number of methoxy groups -OCH3 is 1. The third-order valence-corrected chi connectivity index (χ3v) is 0.842. The lowest BCUT2D eigenvalue weighted by Crippen LogP contribution is -2.25. The minimum absolute atomic E-state index is 0.0367. The van der Waals surface area contributed by atoms with Crippen molar-refractivity contribution >= 4 is 12.2 Å². The third-order valence-electron chi connectivity index (χ3n) is 0.842. The second-order valence-corrected chi connectivity index (χ2v) is 1.63. The van der Waals surface area contributed by atoms with Crippen LogP contribution in [0.2, 0.25) is 0 Å². The molecule has 0 aromatic rings. The quantitative estimate of drug-likeness (QED) is 0.308. The van der Waals surface area contributed by atoms with Gasteiger partial charge in [0.05, 0.1) is 13.2 Å². The summed E-state index contributed by atoms with van der Waals surface area (Å²) in [6.07, 6.45) is 0.771. The van der Waals surface area contributed by atoms with Crippen LogP contribution in [0, 0.1) is 5.41 Å². The number of rotatable bonds is 3. The van der Waals surface area contributed by atoms with Crippen molar-refractivity contribution in [1.29, 1.82) is 5.41 Å². The summed E-state index contributed by atoms with van der Waals surface area (Å²) in [5.74, 6) is 0.0367. The monoisotopic (exact) mass is 130 g/mol. The van der Waals surface area contributed by atoms with Crippen molar-refractivity contribution in [2.75, 3.05) is 7.11 Å². The second kappa shape index (κ2) is 4.03. The van der Waals surface area contributed by atoms with Gasteiger partial charge in [-0.2, -0.15) is 0 Å². The van der Waals surface area contributed by atoms with Crippen molar-refractivity contribution in [2.45, 2.75) is 12.5 Å². The highest BCUT2D eigenvalue weighted by atomic mass is 16.5. The number of aldehydes is 1. The normalized spacial score (nSPS) is 12.2. The Labute approximate surface area is 53.5 Å². The first-order chi connectivity index (χ1) is 4.20. The molecule has 3 N–H and O–H groups in total. The van der Waals surface area contributed by atoms with E-state index in [1.54, 1.807) is 0 Å². The van der Waals surface area contributed by atoms with Crippen molar-refractivity contribution in [3.8, 4) is 0 Å². The number of ether oxygens (including phenoxy) is 1. The minimum Gasteiger partial charge on any atom is -0.484 e. The van der Waals surface area contributed by atoms with Gasteiger partial charge in [0.1, 0.15) is 6.29 Å². The highest BCUT2D eigenvalue weighted by Gasteiger charge is 2.02. The first kappa shape index (κ1) is 8.10. The number of carbonyl (C=O) groups is 1. The molecule has 0 saturated heterocycles. The molecule has 0 amide bonds. The average molecular weight is 130 g/mol. The predicted molar refractivity (Wildman–Crippen MR) is 33.4 cm³/mol. The van der Waals surface area contributed by atoms with Crippen LogP contribution in [0.5, 0.6) is 0 Å². The molecule has 0 aliphatic rings. The Morgan fingerprint density at radius 3 is 2.89 bits per heavy atom. The molecular formula is C5H10N2O2. The lowest BCUT2D eigenvalue weighted by Gasteiger charge is -2.02. The van der Waals surface area contributed by atoms with Crippen molar-refractivity contribution < 1.29 is 9.53 Å².